The fourth-order valence-electron chi connectivity index (χ4n) is 3.00. The lowest BCUT2D eigenvalue weighted by atomic mass is 10.1. The number of aryl methyl sites for hydroxylation is 2. The number of fused-ring (bicyclic) bond motifs is 3. The van der Waals surface area contributed by atoms with Crippen LogP contribution in [-0.2, 0) is 10.0 Å². The first kappa shape index (κ1) is 20.2. The molecule has 3 heterocycles. The van der Waals surface area contributed by atoms with Crippen LogP contribution < -0.4 is 0 Å². The molecule has 0 atom stereocenters. The SMILES string of the molecule is CC.Cc1ccc(S(=O)(=O)n2c3cnc(Cl)cc3c3c(C)c(F)cnc32)cc1. The predicted octanol–water partition coefficient (Wildman–Crippen LogP) is 5.26. The minimum atomic E-state index is -3.96. The molecule has 3 aromatic heterocycles. The van der Waals surface area contributed by atoms with Crippen LogP contribution in [0.3, 0.4) is 0 Å². The summed E-state index contributed by atoms with van der Waals surface area (Å²) in [5, 5.41) is 1.08. The van der Waals surface area contributed by atoms with Crippen LogP contribution in [0.1, 0.15) is 25.0 Å². The molecule has 0 aliphatic rings. The maximum absolute atomic E-state index is 14.1. The first-order valence-corrected chi connectivity index (χ1v) is 10.6. The van der Waals surface area contributed by atoms with Gasteiger partial charge in [0.1, 0.15) is 11.0 Å². The van der Waals surface area contributed by atoms with Gasteiger partial charge in [0.15, 0.2) is 5.65 Å². The highest BCUT2D eigenvalue weighted by Crippen LogP contribution is 2.34. The third-order valence-corrected chi connectivity index (χ3v) is 6.27. The second-order valence-corrected chi connectivity index (χ2v) is 8.21. The Bertz CT molecular complexity index is 1280. The van der Waals surface area contributed by atoms with Crippen molar-refractivity contribution in [2.24, 2.45) is 0 Å². The monoisotopic (exact) mass is 419 g/mol. The second-order valence-electron chi connectivity index (χ2n) is 6.04. The van der Waals surface area contributed by atoms with Gasteiger partial charge in [-0.3, -0.25) is 0 Å². The van der Waals surface area contributed by atoms with E-state index in [2.05, 4.69) is 9.97 Å². The molecule has 0 radical (unpaired) electrons. The zero-order valence-corrected chi connectivity index (χ0v) is 17.4. The predicted molar refractivity (Wildman–Crippen MR) is 110 cm³/mol. The van der Waals surface area contributed by atoms with Gasteiger partial charge < -0.3 is 0 Å². The molecule has 1 aromatic carbocycles. The minimum Gasteiger partial charge on any atom is -0.242 e. The quantitative estimate of drug-likeness (QED) is 0.416. The van der Waals surface area contributed by atoms with Crippen molar-refractivity contribution in [2.75, 3.05) is 0 Å². The summed E-state index contributed by atoms with van der Waals surface area (Å²) >= 11 is 5.99. The van der Waals surface area contributed by atoms with Gasteiger partial charge in [-0.1, -0.05) is 43.1 Å². The normalized spacial score (nSPS) is 11.5. The Morgan fingerprint density at radius 1 is 1.04 bits per heavy atom. The standard InChI is InChI=1S/C18H13ClFN3O2S.C2H6/c1-10-3-5-12(6-4-10)26(24,25)23-15-9-21-16(19)7-13(15)17-11(2)14(20)8-22-18(17)23;1-2/h3-9H,1-2H3;1-2H3. The molecule has 146 valence electrons. The number of hydrogen-bond donors (Lipinski definition) is 0. The van der Waals surface area contributed by atoms with E-state index < -0.39 is 15.8 Å². The first-order valence-electron chi connectivity index (χ1n) is 8.73. The molecule has 0 bridgehead atoms. The van der Waals surface area contributed by atoms with Crippen LogP contribution >= 0.6 is 11.6 Å². The number of rotatable bonds is 2. The topological polar surface area (TPSA) is 64.8 Å². The second kappa shape index (κ2) is 7.48. The number of halogens is 2. The first-order chi connectivity index (χ1) is 13.3. The molecule has 0 amide bonds. The van der Waals surface area contributed by atoms with E-state index in [9.17, 15) is 12.8 Å². The number of benzene rings is 1. The lowest BCUT2D eigenvalue weighted by Gasteiger charge is -2.09. The Morgan fingerprint density at radius 3 is 2.32 bits per heavy atom. The van der Waals surface area contributed by atoms with E-state index in [0.29, 0.717) is 21.9 Å². The van der Waals surface area contributed by atoms with Crippen molar-refractivity contribution in [1.82, 2.24) is 13.9 Å². The molecule has 28 heavy (non-hydrogen) atoms. The van der Waals surface area contributed by atoms with E-state index in [1.807, 2.05) is 20.8 Å². The van der Waals surface area contributed by atoms with Crippen LogP contribution in [0, 0.1) is 19.7 Å². The van der Waals surface area contributed by atoms with Crippen molar-refractivity contribution in [3.8, 4) is 0 Å². The Balaban J connectivity index is 0.00000109. The van der Waals surface area contributed by atoms with E-state index in [-0.39, 0.29) is 15.7 Å². The molecule has 0 spiro atoms. The van der Waals surface area contributed by atoms with E-state index in [4.69, 9.17) is 11.6 Å². The Kier molecular flexibility index (Phi) is 5.41. The molecule has 5 nitrogen and oxygen atoms in total. The highest BCUT2D eigenvalue weighted by Gasteiger charge is 2.26. The van der Waals surface area contributed by atoms with Crippen LogP contribution in [0.15, 0.2) is 47.6 Å². The van der Waals surface area contributed by atoms with Crippen molar-refractivity contribution in [1.29, 1.82) is 0 Å². The fraction of sp³-hybridized carbons (Fsp3) is 0.200. The van der Waals surface area contributed by atoms with Gasteiger partial charge in [-0.2, -0.15) is 0 Å². The molecule has 4 rings (SSSR count). The van der Waals surface area contributed by atoms with Crippen molar-refractivity contribution < 1.29 is 12.8 Å². The smallest absolute Gasteiger partial charge is 0.242 e. The third kappa shape index (κ3) is 3.14. The van der Waals surface area contributed by atoms with E-state index in [1.165, 1.54) is 24.4 Å². The van der Waals surface area contributed by atoms with Gasteiger partial charge in [-0.25, -0.2) is 26.7 Å². The van der Waals surface area contributed by atoms with Crippen LogP contribution in [0.4, 0.5) is 4.39 Å². The summed E-state index contributed by atoms with van der Waals surface area (Å²) in [6.07, 6.45) is 2.38. The number of aromatic nitrogens is 3. The molecule has 0 N–H and O–H groups in total. The summed E-state index contributed by atoms with van der Waals surface area (Å²) < 4.78 is 41.7. The highest BCUT2D eigenvalue weighted by atomic mass is 35.5. The number of nitrogens with zero attached hydrogens (tertiary/aromatic N) is 3. The molecule has 0 fully saturated rings. The zero-order valence-electron chi connectivity index (χ0n) is 15.9. The third-order valence-electron chi connectivity index (χ3n) is 4.35. The molecule has 0 aliphatic carbocycles. The van der Waals surface area contributed by atoms with Crippen LogP contribution in [-0.4, -0.2) is 22.4 Å². The van der Waals surface area contributed by atoms with Gasteiger partial charge in [0.05, 0.1) is 22.8 Å². The van der Waals surface area contributed by atoms with Gasteiger partial charge in [0.25, 0.3) is 10.0 Å². The minimum absolute atomic E-state index is 0.112. The van der Waals surface area contributed by atoms with E-state index in [0.717, 1.165) is 15.7 Å². The maximum atomic E-state index is 14.1. The summed E-state index contributed by atoms with van der Waals surface area (Å²) in [7, 11) is -3.96. The summed E-state index contributed by atoms with van der Waals surface area (Å²) in [6, 6.07) is 8.01. The number of pyridine rings is 2. The summed E-state index contributed by atoms with van der Waals surface area (Å²) in [5.41, 5.74) is 1.69. The number of hydrogen-bond acceptors (Lipinski definition) is 4. The average Bonchev–Trinajstić information content (AvgIpc) is 3.01. The average molecular weight is 420 g/mol. The van der Waals surface area contributed by atoms with Gasteiger partial charge in [0.2, 0.25) is 0 Å². The Morgan fingerprint density at radius 2 is 1.68 bits per heavy atom. The molecule has 0 aliphatic heterocycles. The van der Waals surface area contributed by atoms with Gasteiger partial charge in [-0.15, -0.1) is 0 Å². The largest absolute Gasteiger partial charge is 0.269 e. The van der Waals surface area contributed by atoms with E-state index in [1.54, 1.807) is 19.1 Å². The zero-order chi connectivity index (χ0) is 20.6. The van der Waals surface area contributed by atoms with Crippen LogP contribution in [0.25, 0.3) is 21.9 Å². The Hall–Kier alpha value is -2.51. The summed E-state index contributed by atoms with van der Waals surface area (Å²) in [4.78, 5) is 8.16. The molecule has 8 heteroatoms. The van der Waals surface area contributed by atoms with Crippen molar-refractivity contribution >= 4 is 43.6 Å². The summed E-state index contributed by atoms with van der Waals surface area (Å²) in [5.74, 6) is -0.516. The molecule has 0 unspecified atom stereocenters. The highest BCUT2D eigenvalue weighted by molar-refractivity contribution is 7.90. The molecule has 0 saturated heterocycles. The fourth-order valence-corrected chi connectivity index (χ4v) is 4.62. The molecular formula is C20H19ClFN3O2S. The van der Waals surface area contributed by atoms with Gasteiger partial charge in [0, 0.05) is 10.8 Å². The molecule has 0 saturated carbocycles. The van der Waals surface area contributed by atoms with E-state index >= 15 is 0 Å². The van der Waals surface area contributed by atoms with Gasteiger partial charge >= 0.3 is 0 Å². The lowest BCUT2D eigenvalue weighted by Crippen LogP contribution is -2.13. The van der Waals surface area contributed by atoms with Crippen molar-refractivity contribution in [2.45, 2.75) is 32.6 Å². The molecule has 4 aromatic rings. The van der Waals surface area contributed by atoms with Crippen molar-refractivity contribution in [3.63, 3.8) is 0 Å². The lowest BCUT2D eigenvalue weighted by molar-refractivity contribution is 0.589. The molecular weight excluding hydrogens is 401 g/mol. The van der Waals surface area contributed by atoms with Crippen LogP contribution in [0.5, 0.6) is 0 Å². The van der Waals surface area contributed by atoms with Crippen molar-refractivity contribution in [3.05, 3.63) is 64.8 Å². The summed E-state index contributed by atoms with van der Waals surface area (Å²) in [6.45, 7) is 7.45. The van der Waals surface area contributed by atoms with Crippen LogP contribution in [0.2, 0.25) is 5.15 Å². The Labute approximate surface area is 167 Å². The maximum Gasteiger partial charge on any atom is 0.269 e. The van der Waals surface area contributed by atoms with Gasteiger partial charge in [-0.05, 0) is 37.6 Å².